The highest BCUT2D eigenvalue weighted by molar-refractivity contribution is 7.26. The molecule has 0 spiro atoms. The fourth-order valence-electron chi connectivity index (χ4n) is 8.32. The van der Waals surface area contributed by atoms with Gasteiger partial charge in [0.15, 0.2) is 0 Å². The maximum Gasteiger partial charge on any atom is 0.137 e. The Bertz CT molecular complexity index is 3190. The van der Waals surface area contributed by atoms with Gasteiger partial charge in [-0.05, 0) is 75.3 Å². The molecule has 0 unspecified atom stereocenters. The van der Waals surface area contributed by atoms with Crippen molar-refractivity contribution in [3.8, 4) is 22.3 Å². The van der Waals surface area contributed by atoms with E-state index in [1.54, 1.807) is 0 Å². The van der Waals surface area contributed by atoms with Gasteiger partial charge in [-0.25, -0.2) is 0 Å². The first-order valence-corrected chi connectivity index (χ1v) is 18.8. The summed E-state index contributed by atoms with van der Waals surface area (Å²) in [5.41, 5.74) is 9.83. The van der Waals surface area contributed by atoms with Crippen LogP contribution >= 0.6 is 11.3 Å². The number of benzene rings is 9. The Morgan fingerprint density at radius 1 is 0.377 bits per heavy atom. The number of hydrogen-bond donors (Lipinski definition) is 0. The molecule has 0 atom stereocenters. The highest BCUT2D eigenvalue weighted by atomic mass is 32.1. The Kier molecular flexibility index (Phi) is 6.76. The van der Waals surface area contributed by atoms with Crippen LogP contribution < -0.4 is 4.90 Å². The molecule has 0 aliphatic heterocycles. The molecule has 9 aromatic carbocycles. The van der Waals surface area contributed by atoms with Gasteiger partial charge in [-0.15, -0.1) is 11.3 Å². The van der Waals surface area contributed by atoms with Gasteiger partial charge in [0.25, 0.3) is 0 Å². The van der Waals surface area contributed by atoms with E-state index in [0.717, 1.165) is 39.0 Å². The summed E-state index contributed by atoms with van der Waals surface area (Å²) in [6.45, 7) is 0. The minimum absolute atomic E-state index is 0.869. The second kappa shape index (κ2) is 11.9. The number of anilines is 3. The zero-order valence-electron chi connectivity index (χ0n) is 28.7. The van der Waals surface area contributed by atoms with Gasteiger partial charge in [0.05, 0.1) is 11.4 Å². The summed E-state index contributed by atoms with van der Waals surface area (Å²) in [7, 11) is 0. The average Bonchev–Trinajstić information content (AvgIpc) is 3.80. The third-order valence-corrected chi connectivity index (χ3v) is 11.8. The third kappa shape index (κ3) is 4.71. The van der Waals surface area contributed by atoms with Crippen LogP contribution in [-0.2, 0) is 0 Å². The van der Waals surface area contributed by atoms with Crippen molar-refractivity contribution in [2.75, 3.05) is 4.90 Å². The van der Waals surface area contributed by atoms with E-state index in [-0.39, 0.29) is 0 Å². The van der Waals surface area contributed by atoms with E-state index >= 15 is 0 Å². The topological polar surface area (TPSA) is 16.4 Å². The molecule has 53 heavy (non-hydrogen) atoms. The van der Waals surface area contributed by atoms with Gasteiger partial charge in [0, 0.05) is 53.6 Å². The first-order chi connectivity index (χ1) is 26.3. The monoisotopic (exact) mass is 693 g/mol. The number of para-hydroxylation sites is 1. The van der Waals surface area contributed by atoms with Crippen molar-refractivity contribution in [2.24, 2.45) is 0 Å². The van der Waals surface area contributed by atoms with Crippen LogP contribution in [0.1, 0.15) is 0 Å². The molecule has 11 rings (SSSR count). The fourth-order valence-corrected chi connectivity index (χ4v) is 9.44. The summed E-state index contributed by atoms with van der Waals surface area (Å²) < 4.78 is 9.11. The molecule has 0 aliphatic rings. The lowest BCUT2D eigenvalue weighted by Gasteiger charge is -2.31. The molecule has 0 N–H and O–H groups in total. The van der Waals surface area contributed by atoms with Crippen LogP contribution in [0.15, 0.2) is 192 Å². The van der Waals surface area contributed by atoms with E-state index in [2.05, 4.69) is 187 Å². The molecule has 3 heteroatoms. The summed E-state index contributed by atoms with van der Waals surface area (Å²) in [4.78, 5) is 2.51. The van der Waals surface area contributed by atoms with Crippen molar-refractivity contribution >= 4 is 92.1 Å². The van der Waals surface area contributed by atoms with E-state index in [0.29, 0.717) is 0 Å². The quantitative estimate of drug-likeness (QED) is 0.167. The molecular formula is C50H31NOS. The van der Waals surface area contributed by atoms with Crippen molar-refractivity contribution < 1.29 is 4.42 Å². The van der Waals surface area contributed by atoms with Crippen LogP contribution in [0.25, 0.3) is 85.9 Å². The summed E-state index contributed by atoms with van der Waals surface area (Å²) in [5, 5.41) is 9.60. The number of nitrogens with zero attached hydrogens (tertiary/aromatic N) is 1. The number of fused-ring (bicyclic) bond motifs is 9. The summed E-state index contributed by atoms with van der Waals surface area (Å²) >= 11 is 1.85. The minimum atomic E-state index is 0.869. The predicted molar refractivity (Wildman–Crippen MR) is 227 cm³/mol. The van der Waals surface area contributed by atoms with Gasteiger partial charge in [0.2, 0.25) is 0 Å². The van der Waals surface area contributed by atoms with Crippen molar-refractivity contribution in [1.29, 1.82) is 0 Å². The third-order valence-electron chi connectivity index (χ3n) is 10.6. The maximum atomic E-state index is 6.57. The number of hydrogen-bond acceptors (Lipinski definition) is 3. The molecule has 0 radical (unpaired) electrons. The van der Waals surface area contributed by atoms with Crippen LogP contribution in [0.5, 0.6) is 0 Å². The lowest BCUT2D eigenvalue weighted by atomic mass is 9.88. The van der Waals surface area contributed by atoms with E-state index < -0.39 is 0 Å². The molecule has 2 heterocycles. The molecule has 0 aliphatic carbocycles. The summed E-state index contributed by atoms with van der Waals surface area (Å²) in [6.07, 6.45) is 0. The zero-order valence-corrected chi connectivity index (χ0v) is 29.5. The van der Waals surface area contributed by atoms with Crippen LogP contribution in [0.4, 0.5) is 17.1 Å². The minimum Gasteiger partial charge on any atom is -0.456 e. The van der Waals surface area contributed by atoms with E-state index in [1.165, 1.54) is 64.0 Å². The summed E-state index contributed by atoms with van der Waals surface area (Å²) in [5.74, 6) is 0. The lowest BCUT2D eigenvalue weighted by molar-refractivity contribution is 0.669. The average molecular weight is 694 g/mol. The Labute approximate surface area is 310 Å². The number of rotatable bonds is 5. The highest BCUT2D eigenvalue weighted by Gasteiger charge is 2.26. The van der Waals surface area contributed by atoms with Crippen LogP contribution in [-0.4, -0.2) is 0 Å². The largest absolute Gasteiger partial charge is 0.456 e. The van der Waals surface area contributed by atoms with Gasteiger partial charge >= 0.3 is 0 Å². The number of furan rings is 1. The molecule has 2 nitrogen and oxygen atoms in total. The second-order valence-corrected chi connectivity index (χ2v) is 14.7. The Morgan fingerprint density at radius 3 is 1.83 bits per heavy atom. The van der Waals surface area contributed by atoms with Gasteiger partial charge in [-0.3, -0.25) is 0 Å². The van der Waals surface area contributed by atoms with Gasteiger partial charge in [-0.1, -0.05) is 140 Å². The number of thiophene rings is 1. The first kappa shape index (κ1) is 30.0. The van der Waals surface area contributed by atoms with Crippen molar-refractivity contribution in [1.82, 2.24) is 0 Å². The Morgan fingerprint density at radius 2 is 0.981 bits per heavy atom. The van der Waals surface area contributed by atoms with Gasteiger partial charge in [0.1, 0.15) is 11.2 Å². The Hall–Kier alpha value is -6.68. The standard InChI is InChI=1S/C50H31NOS/c1-2-14-32(15-3-1)33-16-12-17-34(30-33)48-40-21-6-4-18-36(40)37-19-5-7-22-41(37)50(48)51(35-28-29-39-38-20-8-10-25-44(38)52-45(39)31-35)43-24-13-27-47-49(43)42-23-9-11-26-46(42)53-47/h1-31H. The van der Waals surface area contributed by atoms with Crippen LogP contribution in [0, 0.1) is 0 Å². The molecule has 11 aromatic rings. The maximum absolute atomic E-state index is 6.57. The first-order valence-electron chi connectivity index (χ1n) is 18.0. The van der Waals surface area contributed by atoms with E-state index in [9.17, 15) is 0 Å². The zero-order chi connectivity index (χ0) is 34.9. The van der Waals surface area contributed by atoms with E-state index in [1.807, 2.05) is 17.4 Å². The lowest BCUT2D eigenvalue weighted by Crippen LogP contribution is -2.12. The van der Waals surface area contributed by atoms with Crippen molar-refractivity contribution in [2.45, 2.75) is 0 Å². The van der Waals surface area contributed by atoms with Gasteiger partial charge < -0.3 is 9.32 Å². The summed E-state index contributed by atoms with van der Waals surface area (Å²) in [6, 6.07) is 68.1. The SMILES string of the molecule is c1ccc(-c2cccc(-c3c(N(c4ccc5c(c4)oc4ccccc45)c4cccc5sc6ccccc6c45)c4ccccc4c4ccccc34)c2)cc1. The molecule has 0 saturated carbocycles. The smallest absolute Gasteiger partial charge is 0.137 e. The normalized spacial score (nSPS) is 11.8. The molecule has 2 aromatic heterocycles. The predicted octanol–water partition coefficient (Wildman–Crippen LogP) is 15.1. The molecule has 0 bridgehead atoms. The second-order valence-electron chi connectivity index (χ2n) is 13.6. The van der Waals surface area contributed by atoms with Crippen LogP contribution in [0.2, 0.25) is 0 Å². The van der Waals surface area contributed by atoms with Crippen molar-refractivity contribution in [3.05, 3.63) is 188 Å². The Balaban J connectivity index is 1.31. The molecule has 0 saturated heterocycles. The van der Waals surface area contributed by atoms with Crippen molar-refractivity contribution in [3.63, 3.8) is 0 Å². The molecule has 0 fully saturated rings. The fraction of sp³-hybridized carbons (Fsp3) is 0. The van der Waals surface area contributed by atoms with Crippen LogP contribution in [0.3, 0.4) is 0 Å². The van der Waals surface area contributed by atoms with Gasteiger partial charge in [-0.2, -0.15) is 0 Å². The van der Waals surface area contributed by atoms with E-state index in [4.69, 9.17) is 4.42 Å². The molecule has 0 amide bonds. The molecular weight excluding hydrogens is 663 g/mol. The highest BCUT2D eigenvalue weighted by Crippen LogP contribution is 2.52. The molecule has 248 valence electrons.